The summed E-state index contributed by atoms with van der Waals surface area (Å²) in [6.07, 6.45) is 3.94. The van der Waals surface area contributed by atoms with Crippen LogP contribution >= 0.6 is 0 Å². The van der Waals surface area contributed by atoms with Gasteiger partial charge < -0.3 is 9.67 Å². The number of hydrogen-bond acceptors (Lipinski definition) is 3. The second kappa shape index (κ2) is 7.76. The van der Waals surface area contributed by atoms with Crippen molar-refractivity contribution in [1.82, 2.24) is 14.5 Å². The van der Waals surface area contributed by atoms with Crippen molar-refractivity contribution >= 4 is 5.97 Å². The minimum absolute atomic E-state index is 0.343. The Morgan fingerprint density at radius 3 is 2.70 bits per heavy atom. The molecule has 138 valence electrons. The Labute approximate surface area is 158 Å². The van der Waals surface area contributed by atoms with Crippen LogP contribution in [0.3, 0.4) is 0 Å². The average Bonchev–Trinajstić information content (AvgIpc) is 3.09. The number of aryl methyl sites for hydroxylation is 2. The molecule has 1 aromatic heterocycles. The molecule has 0 bridgehead atoms. The number of benzene rings is 2. The number of fused-ring (bicyclic) bond motifs is 1. The van der Waals surface area contributed by atoms with E-state index in [1.54, 1.807) is 12.1 Å². The van der Waals surface area contributed by atoms with Crippen molar-refractivity contribution < 1.29 is 9.90 Å². The molecule has 5 heteroatoms. The lowest BCUT2D eigenvalue weighted by atomic mass is 10.1. The van der Waals surface area contributed by atoms with E-state index in [0.717, 1.165) is 50.3 Å². The molecule has 2 aromatic carbocycles. The van der Waals surface area contributed by atoms with E-state index < -0.39 is 5.97 Å². The van der Waals surface area contributed by atoms with E-state index in [1.165, 1.54) is 11.3 Å². The Balaban J connectivity index is 1.40. The van der Waals surface area contributed by atoms with Gasteiger partial charge in [0.05, 0.1) is 17.6 Å². The minimum Gasteiger partial charge on any atom is -0.478 e. The van der Waals surface area contributed by atoms with Crippen molar-refractivity contribution in [2.45, 2.75) is 32.5 Å². The predicted octanol–water partition coefficient (Wildman–Crippen LogP) is 3.38. The maximum absolute atomic E-state index is 11.1. The molecule has 0 radical (unpaired) electrons. The van der Waals surface area contributed by atoms with Gasteiger partial charge in [-0.05, 0) is 29.7 Å². The maximum Gasteiger partial charge on any atom is 0.335 e. The molecule has 0 unspecified atom stereocenters. The highest BCUT2D eigenvalue weighted by Gasteiger charge is 2.21. The molecule has 3 aromatic rings. The van der Waals surface area contributed by atoms with E-state index in [4.69, 9.17) is 5.11 Å². The quantitative estimate of drug-likeness (QED) is 0.731. The number of aromatic carboxylic acids is 1. The van der Waals surface area contributed by atoms with Gasteiger partial charge in [-0.25, -0.2) is 9.78 Å². The van der Waals surface area contributed by atoms with E-state index in [1.807, 2.05) is 24.5 Å². The molecule has 5 nitrogen and oxygen atoms in total. The van der Waals surface area contributed by atoms with Crippen molar-refractivity contribution in [2.75, 3.05) is 6.54 Å². The standard InChI is InChI=1S/C22H23N3O2/c26-22(27)19-8-4-7-18(13-19)14-24-11-10-21-20(15-24)23-16-25(21)12-9-17-5-2-1-3-6-17/h1-8,13,16H,9-12,14-15H2,(H,26,27). The van der Waals surface area contributed by atoms with Gasteiger partial charge in [-0.1, -0.05) is 42.5 Å². The van der Waals surface area contributed by atoms with E-state index in [-0.39, 0.29) is 0 Å². The lowest BCUT2D eigenvalue weighted by Gasteiger charge is -2.27. The summed E-state index contributed by atoms with van der Waals surface area (Å²) < 4.78 is 2.28. The number of hydrogen-bond donors (Lipinski definition) is 1. The summed E-state index contributed by atoms with van der Waals surface area (Å²) in [6.45, 7) is 3.47. The van der Waals surface area contributed by atoms with E-state index in [0.29, 0.717) is 5.56 Å². The lowest BCUT2D eigenvalue weighted by molar-refractivity contribution is 0.0696. The highest BCUT2D eigenvalue weighted by molar-refractivity contribution is 5.87. The second-order valence-corrected chi connectivity index (χ2v) is 7.03. The zero-order valence-electron chi connectivity index (χ0n) is 15.2. The number of rotatable bonds is 6. The average molecular weight is 361 g/mol. The Bertz CT molecular complexity index is 934. The third-order valence-electron chi connectivity index (χ3n) is 5.14. The smallest absolute Gasteiger partial charge is 0.335 e. The first-order chi connectivity index (χ1) is 13.2. The van der Waals surface area contributed by atoms with Crippen LogP contribution in [0.25, 0.3) is 0 Å². The van der Waals surface area contributed by atoms with Crippen molar-refractivity contribution in [3.05, 3.63) is 89.0 Å². The van der Waals surface area contributed by atoms with Crippen LogP contribution in [0.15, 0.2) is 60.9 Å². The van der Waals surface area contributed by atoms with E-state index in [2.05, 4.69) is 38.7 Å². The summed E-state index contributed by atoms with van der Waals surface area (Å²) in [4.78, 5) is 18.1. The van der Waals surface area contributed by atoms with Gasteiger partial charge >= 0.3 is 5.97 Å². The third-order valence-corrected chi connectivity index (χ3v) is 5.14. The number of nitrogens with zero attached hydrogens (tertiary/aromatic N) is 3. The first kappa shape index (κ1) is 17.5. The summed E-state index contributed by atoms with van der Waals surface area (Å²) in [7, 11) is 0. The minimum atomic E-state index is -0.880. The number of imidazole rings is 1. The molecule has 0 fully saturated rings. The van der Waals surface area contributed by atoms with Crippen LogP contribution in [0.1, 0.15) is 32.9 Å². The number of carboxylic acid groups (broad SMARTS) is 1. The SMILES string of the molecule is O=C(O)c1cccc(CN2CCc3c(ncn3CCc3ccccc3)C2)c1. The Morgan fingerprint density at radius 2 is 1.89 bits per heavy atom. The van der Waals surface area contributed by atoms with Gasteiger partial charge in [0.15, 0.2) is 0 Å². The number of aromatic nitrogens is 2. The summed E-state index contributed by atoms with van der Waals surface area (Å²) >= 11 is 0. The van der Waals surface area contributed by atoms with Gasteiger partial charge in [0, 0.05) is 38.3 Å². The van der Waals surface area contributed by atoms with Gasteiger partial charge in [-0.15, -0.1) is 0 Å². The molecule has 4 rings (SSSR count). The molecule has 1 N–H and O–H groups in total. The molecular formula is C22H23N3O2. The predicted molar refractivity (Wildman–Crippen MR) is 104 cm³/mol. The summed E-state index contributed by atoms with van der Waals surface area (Å²) in [5.74, 6) is -0.880. The highest BCUT2D eigenvalue weighted by atomic mass is 16.4. The van der Waals surface area contributed by atoms with Crippen LogP contribution in [0.4, 0.5) is 0 Å². The summed E-state index contributed by atoms with van der Waals surface area (Å²) in [5.41, 5.74) is 5.19. The van der Waals surface area contributed by atoms with Crippen LogP contribution in [0.2, 0.25) is 0 Å². The molecule has 0 aliphatic carbocycles. The zero-order chi connectivity index (χ0) is 18.6. The molecule has 0 saturated heterocycles. The van der Waals surface area contributed by atoms with E-state index in [9.17, 15) is 4.79 Å². The molecule has 0 atom stereocenters. The molecule has 1 aliphatic heterocycles. The van der Waals surface area contributed by atoms with Gasteiger partial charge in [-0.3, -0.25) is 4.90 Å². The van der Waals surface area contributed by atoms with Gasteiger partial charge in [0.2, 0.25) is 0 Å². The van der Waals surface area contributed by atoms with Gasteiger partial charge in [-0.2, -0.15) is 0 Å². The van der Waals surface area contributed by atoms with Crippen molar-refractivity contribution in [3.8, 4) is 0 Å². The Kier molecular flexibility index (Phi) is 5.03. The molecule has 0 saturated carbocycles. The molecule has 27 heavy (non-hydrogen) atoms. The van der Waals surface area contributed by atoms with Crippen LogP contribution in [-0.2, 0) is 32.5 Å². The van der Waals surface area contributed by atoms with Crippen molar-refractivity contribution in [2.24, 2.45) is 0 Å². The lowest BCUT2D eigenvalue weighted by Crippen LogP contribution is -2.31. The topological polar surface area (TPSA) is 58.4 Å². The molecule has 1 aliphatic rings. The van der Waals surface area contributed by atoms with Crippen molar-refractivity contribution in [1.29, 1.82) is 0 Å². The fourth-order valence-electron chi connectivity index (χ4n) is 3.71. The van der Waals surface area contributed by atoms with E-state index >= 15 is 0 Å². The zero-order valence-corrected chi connectivity index (χ0v) is 15.2. The fraction of sp³-hybridized carbons (Fsp3) is 0.273. The molecule has 0 amide bonds. The van der Waals surface area contributed by atoms with Gasteiger partial charge in [0.25, 0.3) is 0 Å². The fourth-order valence-corrected chi connectivity index (χ4v) is 3.71. The van der Waals surface area contributed by atoms with Gasteiger partial charge in [0.1, 0.15) is 0 Å². The summed E-state index contributed by atoms with van der Waals surface area (Å²) in [5, 5.41) is 9.15. The van der Waals surface area contributed by atoms with Crippen LogP contribution < -0.4 is 0 Å². The molecule has 0 spiro atoms. The third kappa shape index (κ3) is 4.09. The molecular weight excluding hydrogens is 338 g/mol. The monoisotopic (exact) mass is 361 g/mol. The Morgan fingerprint density at radius 1 is 1.07 bits per heavy atom. The first-order valence-corrected chi connectivity index (χ1v) is 9.30. The number of carboxylic acids is 1. The molecule has 2 heterocycles. The van der Waals surface area contributed by atoms with Crippen LogP contribution in [-0.4, -0.2) is 32.1 Å². The Hall–Kier alpha value is -2.92. The maximum atomic E-state index is 11.1. The summed E-state index contributed by atoms with van der Waals surface area (Å²) in [6, 6.07) is 17.7. The first-order valence-electron chi connectivity index (χ1n) is 9.30. The number of carbonyl (C=O) groups is 1. The van der Waals surface area contributed by atoms with Crippen molar-refractivity contribution in [3.63, 3.8) is 0 Å². The second-order valence-electron chi connectivity index (χ2n) is 7.03. The van der Waals surface area contributed by atoms with Crippen LogP contribution in [0, 0.1) is 0 Å². The normalized spacial score (nSPS) is 14.1. The largest absolute Gasteiger partial charge is 0.478 e. The van der Waals surface area contributed by atoms with Crippen LogP contribution in [0.5, 0.6) is 0 Å². The highest BCUT2D eigenvalue weighted by Crippen LogP contribution is 2.20.